The molecule has 0 aliphatic carbocycles. The number of amides is 1. The van der Waals surface area contributed by atoms with Crippen LogP contribution in [0.2, 0.25) is 0 Å². The Kier molecular flexibility index (Phi) is 4.20. The first kappa shape index (κ1) is 16.4. The zero-order valence-corrected chi connectivity index (χ0v) is 14.6. The largest absolute Gasteiger partial charge is 0.312 e. The van der Waals surface area contributed by atoms with Crippen LogP contribution in [-0.4, -0.2) is 50.3 Å². The monoisotopic (exact) mass is 337 g/mol. The number of anilines is 1. The topological polar surface area (TPSA) is 69.7 Å². The Morgan fingerprint density at radius 2 is 1.87 bits per heavy atom. The Morgan fingerprint density at radius 1 is 1.22 bits per heavy atom. The van der Waals surface area contributed by atoms with E-state index in [1.54, 1.807) is 27.4 Å². The van der Waals surface area contributed by atoms with Gasteiger partial charge in [-0.05, 0) is 44.0 Å². The molecular formula is C16H23N3O3S. The number of nitrogens with zero attached hydrogens (tertiary/aromatic N) is 2. The van der Waals surface area contributed by atoms with Gasteiger partial charge in [0.2, 0.25) is 15.9 Å². The van der Waals surface area contributed by atoms with Crippen LogP contribution < -0.4 is 10.2 Å². The number of hydrogen-bond acceptors (Lipinski definition) is 4. The van der Waals surface area contributed by atoms with Crippen molar-refractivity contribution in [2.75, 3.05) is 24.5 Å². The van der Waals surface area contributed by atoms with E-state index in [0.29, 0.717) is 31.0 Å². The van der Waals surface area contributed by atoms with Gasteiger partial charge in [-0.3, -0.25) is 4.79 Å². The van der Waals surface area contributed by atoms with Crippen molar-refractivity contribution in [3.05, 3.63) is 23.8 Å². The Bertz CT molecular complexity index is 722. The van der Waals surface area contributed by atoms with E-state index >= 15 is 0 Å². The molecule has 2 aliphatic rings. The number of benzene rings is 1. The third-order valence-electron chi connectivity index (χ3n) is 4.49. The SMILES string of the molecule is CC(=O)N1CCc2cc(S(=O)(=O)N3CC(C)NC(C)C3)ccc21. The highest BCUT2D eigenvalue weighted by molar-refractivity contribution is 7.89. The summed E-state index contributed by atoms with van der Waals surface area (Å²) in [5.74, 6) is -0.0101. The number of nitrogens with one attached hydrogen (secondary N) is 1. The molecule has 2 atom stereocenters. The number of rotatable bonds is 2. The molecule has 2 unspecified atom stereocenters. The number of fused-ring (bicyclic) bond motifs is 1. The molecule has 0 radical (unpaired) electrons. The first-order valence-corrected chi connectivity index (χ1v) is 9.40. The van der Waals surface area contributed by atoms with Gasteiger partial charge >= 0.3 is 0 Å². The van der Waals surface area contributed by atoms with E-state index in [2.05, 4.69) is 5.32 Å². The van der Waals surface area contributed by atoms with Crippen LogP contribution >= 0.6 is 0 Å². The summed E-state index contributed by atoms with van der Waals surface area (Å²) < 4.78 is 27.4. The maximum Gasteiger partial charge on any atom is 0.243 e. The van der Waals surface area contributed by atoms with Crippen molar-refractivity contribution in [1.82, 2.24) is 9.62 Å². The van der Waals surface area contributed by atoms with Gasteiger partial charge in [0, 0.05) is 44.3 Å². The van der Waals surface area contributed by atoms with Gasteiger partial charge in [-0.2, -0.15) is 4.31 Å². The van der Waals surface area contributed by atoms with Crippen molar-refractivity contribution in [3.63, 3.8) is 0 Å². The molecule has 2 heterocycles. The molecule has 2 aliphatic heterocycles. The van der Waals surface area contributed by atoms with Crippen LogP contribution in [0.15, 0.2) is 23.1 Å². The molecule has 7 heteroatoms. The van der Waals surface area contributed by atoms with E-state index < -0.39 is 10.0 Å². The fraction of sp³-hybridized carbons (Fsp3) is 0.562. The lowest BCUT2D eigenvalue weighted by atomic mass is 10.2. The molecule has 1 N–H and O–H groups in total. The molecule has 126 valence electrons. The Hall–Kier alpha value is -1.44. The van der Waals surface area contributed by atoms with Crippen LogP contribution in [0.25, 0.3) is 0 Å². The third-order valence-corrected chi connectivity index (χ3v) is 6.32. The standard InChI is InChI=1S/C16H23N3O3S/c1-11-9-18(10-12(2)17-11)23(21,22)15-4-5-16-14(8-15)6-7-19(16)13(3)20/h4-5,8,11-12,17H,6-7,9-10H2,1-3H3. The third kappa shape index (κ3) is 3.00. The number of hydrogen-bond donors (Lipinski definition) is 1. The van der Waals surface area contributed by atoms with Crippen LogP contribution in [0.3, 0.4) is 0 Å². The molecule has 0 aromatic heterocycles. The van der Waals surface area contributed by atoms with Gasteiger partial charge in [0.15, 0.2) is 0 Å². The van der Waals surface area contributed by atoms with E-state index in [0.717, 1.165) is 11.3 Å². The molecule has 0 spiro atoms. The molecule has 1 fully saturated rings. The Morgan fingerprint density at radius 3 is 2.48 bits per heavy atom. The highest BCUT2D eigenvalue weighted by atomic mass is 32.2. The molecule has 23 heavy (non-hydrogen) atoms. The van der Waals surface area contributed by atoms with Gasteiger partial charge < -0.3 is 10.2 Å². The minimum absolute atomic E-state index is 0.0101. The minimum Gasteiger partial charge on any atom is -0.312 e. The fourth-order valence-electron chi connectivity index (χ4n) is 3.49. The van der Waals surface area contributed by atoms with Gasteiger partial charge in [-0.1, -0.05) is 0 Å². The minimum atomic E-state index is -3.50. The van der Waals surface area contributed by atoms with Crippen LogP contribution in [0.5, 0.6) is 0 Å². The average Bonchev–Trinajstić information content (AvgIpc) is 2.89. The molecule has 3 rings (SSSR count). The average molecular weight is 337 g/mol. The number of carbonyl (C=O) groups excluding carboxylic acids is 1. The molecule has 1 amide bonds. The van der Waals surface area contributed by atoms with E-state index in [1.807, 2.05) is 13.8 Å². The number of piperazine rings is 1. The van der Waals surface area contributed by atoms with Crippen molar-refractivity contribution >= 4 is 21.6 Å². The number of carbonyl (C=O) groups is 1. The smallest absolute Gasteiger partial charge is 0.243 e. The van der Waals surface area contributed by atoms with Crippen molar-refractivity contribution in [1.29, 1.82) is 0 Å². The summed E-state index contributed by atoms with van der Waals surface area (Å²) in [4.78, 5) is 13.6. The lowest BCUT2D eigenvalue weighted by Gasteiger charge is -2.35. The van der Waals surface area contributed by atoms with Crippen LogP contribution in [0.4, 0.5) is 5.69 Å². The zero-order valence-electron chi connectivity index (χ0n) is 13.7. The first-order chi connectivity index (χ1) is 10.8. The molecule has 0 bridgehead atoms. The van der Waals surface area contributed by atoms with Crippen molar-refractivity contribution in [2.24, 2.45) is 0 Å². The van der Waals surface area contributed by atoms with E-state index in [9.17, 15) is 13.2 Å². The summed E-state index contributed by atoms with van der Waals surface area (Å²) in [6.07, 6.45) is 0.701. The van der Waals surface area contributed by atoms with Crippen LogP contribution in [-0.2, 0) is 21.2 Å². The Balaban J connectivity index is 1.91. The molecule has 1 saturated heterocycles. The summed E-state index contributed by atoms with van der Waals surface area (Å²) in [6, 6.07) is 5.37. The maximum atomic E-state index is 12.9. The highest BCUT2D eigenvalue weighted by Crippen LogP contribution is 2.31. The molecule has 1 aromatic carbocycles. The van der Waals surface area contributed by atoms with Gasteiger partial charge in [-0.15, -0.1) is 0 Å². The second-order valence-electron chi connectivity index (χ2n) is 6.50. The van der Waals surface area contributed by atoms with Crippen LogP contribution in [0, 0.1) is 0 Å². The molecule has 0 saturated carbocycles. The van der Waals surface area contributed by atoms with Gasteiger partial charge in [0.25, 0.3) is 0 Å². The Labute approximate surface area is 137 Å². The first-order valence-electron chi connectivity index (χ1n) is 7.96. The summed E-state index contributed by atoms with van der Waals surface area (Å²) in [5, 5.41) is 3.34. The molecule has 1 aromatic rings. The summed E-state index contributed by atoms with van der Waals surface area (Å²) >= 11 is 0. The summed E-state index contributed by atoms with van der Waals surface area (Å²) in [5.41, 5.74) is 1.76. The van der Waals surface area contributed by atoms with E-state index in [-0.39, 0.29) is 18.0 Å². The lowest BCUT2D eigenvalue weighted by molar-refractivity contribution is -0.116. The predicted molar refractivity (Wildman–Crippen MR) is 89.0 cm³/mol. The summed E-state index contributed by atoms with van der Waals surface area (Å²) in [7, 11) is -3.50. The fourth-order valence-corrected chi connectivity index (χ4v) is 5.16. The van der Waals surface area contributed by atoms with Crippen molar-refractivity contribution in [3.8, 4) is 0 Å². The normalized spacial score (nSPS) is 25.4. The molecular weight excluding hydrogens is 314 g/mol. The van der Waals surface area contributed by atoms with Gasteiger partial charge in [-0.25, -0.2) is 8.42 Å². The second kappa shape index (κ2) is 5.89. The molecule has 6 nitrogen and oxygen atoms in total. The number of sulfonamides is 1. The maximum absolute atomic E-state index is 12.9. The van der Waals surface area contributed by atoms with E-state index in [1.165, 1.54) is 6.92 Å². The van der Waals surface area contributed by atoms with Crippen molar-refractivity contribution in [2.45, 2.75) is 44.2 Å². The zero-order chi connectivity index (χ0) is 16.8. The van der Waals surface area contributed by atoms with Crippen LogP contribution in [0.1, 0.15) is 26.3 Å². The quantitative estimate of drug-likeness (QED) is 0.873. The highest BCUT2D eigenvalue weighted by Gasteiger charge is 2.32. The second-order valence-corrected chi connectivity index (χ2v) is 8.44. The van der Waals surface area contributed by atoms with Gasteiger partial charge in [0.05, 0.1) is 4.90 Å². The van der Waals surface area contributed by atoms with Gasteiger partial charge in [0.1, 0.15) is 0 Å². The van der Waals surface area contributed by atoms with E-state index in [4.69, 9.17) is 0 Å². The lowest BCUT2D eigenvalue weighted by Crippen LogP contribution is -2.55. The summed E-state index contributed by atoms with van der Waals surface area (Å²) in [6.45, 7) is 7.09. The van der Waals surface area contributed by atoms with Crippen molar-refractivity contribution < 1.29 is 13.2 Å². The predicted octanol–water partition coefficient (Wildman–Crippen LogP) is 0.967.